The Hall–Kier alpha value is -3.89. The zero-order valence-corrected chi connectivity index (χ0v) is 17.1. The van der Waals surface area contributed by atoms with Crippen LogP contribution in [0.25, 0.3) is 11.1 Å². The Morgan fingerprint density at radius 3 is 2.42 bits per heavy atom. The quantitative estimate of drug-likeness (QED) is 0.596. The maximum Gasteiger partial charge on any atom is 0.283 e. The summed E-state index contributed by atoms with van der Waals surface area (Å²) in [6, 6.07) is 11.6. The molecule has 7 nitrogen and oxygen atoms in total. The van der Waals surface area contributed by atoms with E-state index < -0.39 is 11.1 Å². The van der Waals surface area contributed by atoms with Gasteiger partial charge in [-0.3, -0.25) is 0 Å². The Bertz CT molecular complexity index is 1270. The van der Waals surface area contributed by atoms with E-state index >= 15 is 0 Å². The lowest BCUT2D eigenvalue weighted by Crippen LogP contribution is -2.31. The minimum atomic E-state index is -1.09. The summed E-state index contributed by atoms with van der Waals surface area (Å²) in [6.07, 6.45) is 5.01. The lowest BCUT2D eigenvalue weighted by molar-refractivity contribution is 0.143. The van der Waals surface area contributed by atoms with Gasteiger partial charge in [0.25, 0.3) is 6.02 Å². The van der Waals surface area contributed by atoms with Crippen LogP contribution >= 0.6 is 0 Å². The number of aliphatic imine (C=N–C) groups is 1. The molecule has 2 aliphatic rings. The summed E-state index contributed by atoms with van der Waals surface area (Å²) in [5.41, 5.74) is 8.22. The Morgan fingerprint density at radius 1 is 1.03 bits per heavy atom. The smallest absolute Gasteiger partial charge is 0.283 e. The fraction of sp³-hybridized carbons (Fsp3) is 0.208. The van der Waals surface area contributed by atoms with Gasteiger partial charge in [-0.05, 0) is 49.7 Å². The van der Waals surface area contributed by atoms with Gasteiger partial charge in [0, 0.05) is 34.6 Å². The number of hydrogen-bond donors (Lipinski definition) is 2. The topological polar surface area (TPSA) is 103 Å². The number of hydrogen-bond acceptors (Lipinski definition) is 7. The second-order valence-corrected chi connectivity index (χ2v) is 8.06. The van der Waals surface area contributed by atoms with Crippen molar-refractivity contribution < 1.29 is 14.6 Å². The van der Waals surface area contributed by atoms with Gasteiger partial charge < -0.3 is 20.3 Å². The summed E-state index contributed by atoms with van der Waals surface area (Å²) in [5.74, 6) is 7.21. The standard InChI is InChI=1S/C24H20N4O3/c1-23(2,29)8-7-15-3-5-20-18(9-15)24(13-30-22(25)28-24)19-10-16(4-6-21(19)31-20)17-11-26-14-27-12-17/h3-6,9-12,14,29H,13H2,1-2H3,(H2,25,28). The molecule has 31 heavy (non-hydrogen) atoms. The number of benzene rings is 2. The van der Waals surface area contributed by atoms with Gasteiger partial charge in [-0.2, -0.15) is 0 Å². The molecule has 154 valence electrons. The number of amidine groups is 1. The maximum atomic E-state index is 9.96. The highest BCUT2D eigenvalue weighted by Crippen LogP contribution is 2.51. The van der Waals surface area contributed by atoms with Crippen molar-refractivity contribution in [2.24, 2.45) is 10.7 Å². The third kappa shape index (κ3) is 3.37. The second kappa shape index (κ2) is 6.83. The molecule has 0 amide bonds. The molecule has 3 heterocycles. The Labute approximate surface area is 179 Å². The first kappa shape index (κ1) is 19.1. The van der Waals surface area contributed by atoms with E-state index in [1.807, 2.05) is 36.4 Å². The first-order valence-electron chi connectivity index (χ1n) is 9.80. The first-order valence-corrected chi connectivity index (χ1v) is 9.80. The molecule has 1 atom stereocenters. The third-order valence-electron chi connectivity index (χ3n) is 5.21. The molecule has 1 aromatic heterocycles. The number of aliphatic hydroxyl groups is 1. The zero-order valence-electron chi connectivity index (χ0n) is 17.1. The van der Waals surface area contributed by atoms with Crippen molar-refractivity contribution >= 4 is 6.02 Å². The van der Waals surface area contributed by atoms with Crippen molar-refractivity contribution in [1.82, 2.24) is 9.97 Å². The average molecular weight is 412 g/mol. The van der Waals surface area contributed by atoms with E-state index in [1.165, 1.54) is 6.33 Å². The van der Waals surface area contributed by atoms with E-state index in [0.29, 0.717) is 11.5 Å². The van der Waals surface area contributed by atoms with Crippen LogP contribution in [-0.2, 0) is 10.3 Å². The van der Waals surface area contributed by atoms with Crippen LogP contribution in [0.3, 0.4) is 0 Å². The number of ether oxygens (including phenoxy) is 2. The Kier molecular flexibility index (Phi) is 4.20. The van der Waals surface area contributed by atoms with Gasteiger partial charge in [0.05, 0.1) is 0 Å². The van der Waals surface area contributed by atoms with Gasteiger partial charge >= 0.3 is 0 Å². The van der Waals surface area contributed by atoms with E-state index in [1.54, 1.807) is 26.2 Å². The molecule has 2 aliphatic heterocycles. The highest BCUT2D eigenvalue weighted by molar-refractivity contribution is 5.78. The molecular weight excluding hydrogens is 392 g/mol. The summed E-state index contributed by atoms with van der Waals surface area (Å²) in [7, 11) is 0. The normalized spacial score (nSPS) is 18.7. The lowest BCUT2D eigenvalue weighted by Gasteiger charge is -2.33. The van der Waals surface area contributed by atoms with E-state index in [2.05, 4.69) is 21.8 Å². The molecule has 3 aromatic rings. The van der Waals surface area contributed by atoms with Crippen molar-refractivity contribution in [3.63, 3.8) is 0 Å². The largest absolute Gasteiger partial charge is 0.462 e. The minimum absolute atomic E-state index is 0.125. The molecule has 2 aromatic carbocycles. The van der Waals surface area contributed by atoms with Gasteiger partial charge in [-0.1, -0.05) is 17.9 Å². The summed E-state index contributed by atoms with van der Waals surface area (Å²) in [6.45, 7) is 3.53. The molecule has 0 fully saturated rings. The van der Waals surface area contributed by atoms with E-state index in [-0.39, 0.29) is 12.6 Å². The van der Waals surface area contributed by atoms with Crippen LogP contribution in [0.1, 0.15) is 30.5 Å². The highest BCUT2D eigenvalue weighted by Gasteiger charge is 2.47. The van der Waals surface area contributed by atoms with Crippen molar-refractivity contribution in [2.75, 3.05) is 6.61 Å². The number of nitrogens with zero attached hydrogens (tertiary/aromatic N) is 3. The molecule has 1 unspecified atom stereocenters. The number of fused-ring (bicyclic) bond motifs is 4. The monoisotopic (exact) mass is 412 g/mol. The molecule has 0 saturated heterocycles. The second-order valence-electron chi connectivity index (χ2n) is 8.06. The molecular formula is C24H20N4O3. The van der Waals surface area contributed by atoms with Crippen LogP contribution in [0.2, 0.25) is 0 Å². The van der Waals surface area contributed by atoms with Crippen LogP contribution in [0, 0.1) is 11.8 Å². The van der Waals surface area contributed by atoms with Crippen LogP contribution in [0.4, 0.5) is 0 Å². The lowest BCUT2D eigenvalue weighted by atomic mass is 9.80. The third-order valence-corrected chi connectivity index (χ3v) is 5.21. The van der Waals surface area contributed by atoms with Crippen LogP contribution < -0.4 is 10.5 Å². The Morgan fingerprint density at radius 2 is 1.74 bits per heavy atom. The van der Waals surface area contributed by atoms with Gasteiger partial charge in [-0.25, -0.2) is 15.0 Å². The van der Waals surface area contributed by atoms with Crippen molar-refractivity contribution in [3.05, 3.63) is 71.8 Å². The van der Waals surface area contributed by atoms with Crippen LogP contribution in [0.5, 0.6) is 11.5 Å². The summed E-state index contributed by atoms with van der Waals surface area (Å²) < 4.78 is 11.8. The molecule has 0 saturated carbocycles. The fourth-order valence-electron chi connectivity index (χ4n) is 3.79. The highest BCUT2D eigenvalue weighted by atomic mass is 16.5. The van der Waals surface area contributed by atoms with Crippen LogP contribution in [0.15, 0.2) is 60.1 Å². The molecule has 0 bridgehead atoms. The first-order chi connectivity index (χ1) is 14.8. The van der Waals surface area contributed by atoms with E-state index in [4.69, 9.17) is 20.2 Å². The fourth-order valence-corrected chi connectivity index (χ4v) is 3.79. The van der Waals surface area contributed by atoms with Crippen molar-refractivity contribution in [1.29, 1.82) is 0 Å². The van der Waals surface area contributed by atoms with Crippen LogP contribution in [-0.4, -0.2) is 33.3 Å². The van der Waals surface area contributed by atoms with Crippen molar-refractivity contribution in [2.45, 2.75) is 25.0 Å². The molecule has 3 N–H and O–H groups in total. The van der Waals surface area contributed by atoms with Gasteiger partial charge in [0.15, 0.2) is 5.54 Å². The predicted octanol–water partition coefficient (Wildman–Crippen LogP) is 2.96. The molecule has 0 aliphatic carbocycles. The molecule has 0 radical (unpaired) electrons. The van der Waals surface area contributed by atoms with Gasteiger partial charge in [0.1, 0.15) is 30.0 Å². The summed E-state index contributed by atoms with van der Waals surface area (Å²) in [5, 5.41) is 9.96. The average Bonchev–Trinajstić information content (AvgIpc) is 3.15. The van der Waals surface area contributed by atoms with E-state index in [0.717, 1.165) is 27.8 Å². The number of aromatic nitrogens is 2. The summed E-state index contributed by atoms with van der Waals surface area (Å²) in [4.78, 5) is 12.9. The van der Waals surface area contributed by atoms with E-state index in [9.17, 15) is 5.11 Å². The Balaban J connectivity index is 1.69. The maximum absolute atomic E-state index is 9.96. The molecule has 5 rings (SSSR count). The predicted molar refractivity (Wildman–Crippen MR) is 116 cm³/mol. The molecule has 1 spiro atoms. The zero-order chi connectivity index (χ0) is 21.6. The minimum Gasteiger partial charge on any atom is -0.462 e. The number of rotatable bonds is 1. The number of nitrogens with two attached hydrogens (primary N) is 1. The molecule has 7 heteroatoms. The summed E-state index contributed by atoms with van der Waals surface area (Å²) >= 11 is 0. The van der Waals surface area contributed by atoms with Gasteiger partial charge in [0.2, 0.25) is 0 Å². The SMILES string of the molecule is CC(C)(O)C#Cc1ccc2c(c1)C1(COC(N)=N1)c1cc(-c3cncnc3)ccc1O2. The van der Waals surface area contributed by atoms with Crippen molar-refractivity contribution in [3.8, 4) is 34.5 Å². The van der Waals surface area contributed by atoms with Gasteiger partial charge in [-0.15, -0.1) is 0 Å².